The fourth-order valence-electron chi connectivity index (χ4n) is 2.32. The molecule has 2 aromatic carbocycles. The average molecular weight is 369 g/mol. The zero-order chi connectivity index (χ0) is 18.4. The van der Waals surface area contributed by atoms with Gasteiger partial charge in [0.15, 0.2) is 0 Å². The van der Waals surface area contributed by atoms with E-state index in [1.165, 1.54) is 12.1 Å². The van der Waals surface area contributed by atoms with Crippen LogP contribution in [0.25, 0.3) is 0 Å². The Morgan fingerprint density at radius 1 is 1.08 bits per heavy atom. The Morgan fingerprint density at radius 3 is 2.36 bits per heavy atom. The van der Waals surface area contributed by atoms with Crippen LogP contribution in [0.2, 0.25) is 0 Å². The summed E-state index contributed by atoms with van der Waals surface area (Å²) in [7, 11) is -0.989. The lowest BCUT2D eigenvalue weighted by molar-refractivity contribution is -0.137. The first-order valence-corrected chi connectivity index (χ1v) is 9.32. The second kappa shape index (κ2) is 8.29. The Kier molecular flexibility index (Phi) is 6.36. The van der Waals surface area contributed by atoms with Crippen molar-refractivity contribution in [3.8, 4) is 0 Å². The standard InChI is InChI=1S/C18H18F3NO2S/c1-25(24)12-14-3-2-4-15(11-14)17(23)22-10-9-13-5-7-16(8-6-13)18(19,20)21/h2-8,11H,9-10,12H2,1H3,(H,22,23). The molecule has 0 aliphatic rings. The third-order valence-corrected chi connectivity index (χ3v) is 4.28. The van der Waals surface area contributed by atoms with Gasteiger partial charge in [0.1, 0.15) is 0 Å². The van der Waals surface area contributed by atoms with E-state index in [4.69, 9.17) is 0 Å². The quantitative estimate of drug-likeness (QED) is 0.846. The van der Waals surface area contributed by atoms with Gasteiger partial charge in [-0.1, -0.05) is 24.3 Å². The van der Waals surface area contributed by atoms with Gasteiger partial charge in [-0.2, -0.15) is 13.2 Å². The molecule has 0 saturated heterocycles. The second-order valence-corrected chi connectivity index (χ2v) is 7.05. The van der Waals surface area contributed by atoms with E-state index in [1.807, 2.05) is 0 Å². The van der Waals surface area contributed by atoms with E-state index in [1.54, 1.807) is 30.5 Å². The Bertz CT molecular complexity index is 758. The molecule has 1 amide bonds. The highest BCUT2D eigenvalue weighted by Crippen LogP contribution is 2.29. The zero-order valence-electron chi connectivity index (χ0n) is 13.6. The number of carbonyl (C=O) groups is 1. The fraction of sp³-hybridized carbons (Fsp3) is 0.278. The first-order chi connectivity index (χ1) is 11.8. The molecule has 1 unspecified atom stereocenters. The number of hydrogen-bond acceptors (Lipinski definition) is 2. The van der Waals surface area contributed by atoms with Gasteiger partial charge in [0.05, 0.1) is 5.56 Å². The molecule has 0 aromatic heterocycles. The molecule has 1 atom stereocenters. The Balaban J connectivity index is 1.89. The summed E-state index contributed by atoms with van der Waals surface area (Å²) in [6.07, 6.45) is -2.32. The van der Waals surface area contributed by atoms with Crippen LogP contribution in [-0.2, 0) is 29.1 Å². The number of carbonyl (C=O) groups excluding carboxylic acids is 1. The van der Waals surface area contributed by atoms with E-state index in [0.29, 0.717) is 29.8 Å². The minimum Gasteiger partial charge on any atom is -0.352 e. The van der Waals surface area contributed by atoms with Gasteiger partial charge in [-0.15, -0.1) is 0 Å². The molecule has 7 heteroatoms. The van der Waals surface area contributed by atoms with Gasteiger partial charge >= 0.3 is 6.18 Å². The summed E-state index contributed by atoms with van der Waals surface area (Å²) in [6, 6.07) is 11.8. The number of alkyl halides is 3. The summed E-state index contributed by atoms with van der Waals surface area (Å²) in [5, 5.41) is 2.74. The number of rotatable bonds is 6. The van der Waals surface area contributed by atoms with E-state index >= 15 is 0 Å². The van der Waals surface area contributed by atoms with Crippen molar-refractivity contribution in [1.29, 1.82) is 0 Å². The lowest BCUT2D eigenvalue weighted by Crippen LogP contribution is -2.25. The molecule has 0 aliphatic carbocycles. The maximum Gasteiger partial charge on any atom is 0.416 e. The van der Waals surface area contributed by atoms with E-state index in [-0.39, 0.29) is 5.91 Å². The van der Waals surface area contributed by atoms with Crippen molar-refractivity contribution in [2.45, 2.75) is 18.3 Å². The summed E-state index contributed by atoms with van der Waals surface area (Å²) in [5.74, 6) is 0.114. The minimum absolute atomic E-state index is 0.268. The van der Waals surface area contributed by atoms with Crippen LogP contribution in [0.5, 0.6) is 0 Å². The molecular formula is C18H18F3NO2S. The summed E-state index contributed by atoms with van der Waals surface area (Å²) in [4.78, 5) is 12.1. The topological polar surface area (TPSA) is 46.2 Å². The smallest absolute Gasteiger partial charge is 0.352 e. The van der Waals surface area contributed by atoms with Crippen LogP contribution >= 0.6 is 0 Å². The number of amides is 1. The summed E-state index contributed by atoms with van der Waals surface area (Å²) in [5.41, 5.74) is 1.31. The van der Waals surface area contributed by atoms with Crippen LogP contribution in [0.1, 0.15) is 27.0 Å². The van der Waals surface area contributed by atoms with Crippen LogP contribution < -0.4 is 5.32 Å². The molecule has 0 saturated carbocycles. The minimum atomic E-state index is -4.35. The van der Waals surface area contributed by atoms with Gasteiger partial charge in [-0.05, 0) is 41.8 Å². The van der Waals surface area contributed by atoms with Gasteiger partial charge in [-0.3, -0.25) is 9.00 Å². The molecule has 25 heavy (non-hydrogen) atoms. The van der Waals surface area contributed by atoms with E-state index < -0.39 is 22.5 Å². The van der Waals surface area contributed by atoms with Crippen molar-refractivity contribution >= 4 is 16.7 Å². The maximum atomic E-state index is 12.5. The lowest BCUT2D eigenvalue weighted by Gasteiger charge is -2.09. The molecule has 0 heterocycles. The van der Waals surface area contributed by atoms with Crippen LogP contribution in [-0.4, -0.2) is 22.9 Å². The molecular weight excluding hydrogens is 351 g/mol. The molecule has 0 radical (unpaired) electrons. The summed E-state index contributed by atoms with van der Waals surface area (Å²) >= 11 is 0. The van der Waals surface area contributed by atoms with Gasteiger partial charge in [0, 0.05) is 34.9 Å². The molecule has 0 bridgehead atoms. The maximum absolute atomic E-state index is 12.5. The Labute approximate surface area is 146 Å². The number of nitrogens with one attached hydrogen (secondary N) is 1. The normalized spacial score (nSPS) is 12.6. The zero-order valence-corrected chi connectivity index (χ0v) is 14.4. The van der Waals surface area contributed by atoms with Gasteiger partial charge in [-0.25, -0.2) is 0 Å². The highest BCUT2D eigenvalue weighted by Gasteiger charge is 2.29. The molecule has 2 aromatic rings. The SMILES string of the molecule is CS(=O)Cc1cccc(C(=O)NCCc2ccc(C(F)(F)F)cc2)c1. The summed E-state index contributed by atoms with van der Waals surface area (Å²) < 4.78 is 48.8. The molecule has 0 spiro atoms. The van der Waals surface area contributed by atoms with Crippen LogP contribution in [0, 0.1) is 0 Å². The van der Waals surface area contributed by atoms with Crippen molar-refractivity contribution < 1.29 is 22.2 Å². The van der Waals surface area contributed by atoms with Crippen LogP contribution in [0.15, 0.2) is 48.5 Å². The van der Waals surface area contributed by atoms with E-state index in [9.17, 15) is 22.2 Å². The molecule has 3 nitrogen and oxygen atoms in total. The van der Waals surface area contributed by atoms with Gasteiger partial charge < -0.3 is 5.32 Å². The first-order valence-electron chi connectivity index (χ1n) is 7.59. The molecule has 2 rings (SSSR count). The number of hydrogen-bond donors (Lipinski definition) is 1. The van der Waals surface area contributed by atoms with Gasteiger partial charge in [0.25, 0.3) is 5.91 Å². The van der Waals surface area contributed by atoms with Crippen LogP contribution in [0.4, 0.5) is 13.2 Å². The average Bonchev–Trinajstić information content (AvgIpc) is 2.54. The fourth-order valence-corrected chi connectivity index (χ4v) is 2.97. The Hall–Kier alpha value is -2.15. The van der Waals surface area contributed by atoms with Crippen LogP contribution in [0.3, 0.4) is 0 Å². The third kappa shape index (κ3) is 6.01. The molecule has 1 N–H and O–H groups in total. The van der Waals surface area contributed by atoms with Crippen molar-refractivity contribution in [3.05, 3.63) is 70.8 Å². The molecule has 0 aliphatic heterocycles. The number of halogens is 3. The molecule has 0 fully saturated rings. The van der Waals surface area contributed by atoms with Crippen molar-refractivity contribution in [2.75, 3.05) is 12.8 Å². The monoisotopic (exact) mass is 369 g/mol. The lowest BCUT2D eigenvalue weighted by atomic mass is 10.1. The Morgan fingerprint density at radius 2 is 1.76 bits per heavy atom. The predicted molar refractivity (Wildman–Crippen MR) is 91.7 cm³/mol. The summed E-state index contributed by atoms with van der Waals surface area (Å²) in [6.45, 7) is 0.314. The van der Waals surface area contributed by atoms with E-state index in [2.05, 4.69) is 5.32 Å². The third-order valence-electron chi connectivity index (χ3n) is 3.54. The largest absolute Gasteiger partial charge is 0.416 e. The molecule has 134 valence electrons. The number of benzene rings is 2. The van der Waals surface area contributed by atoms with Crippen molar-refractivity contribution in [1.82, 2.24) is 5.32 Å². The van der Waals surface area contributed by atoms with Gasteiger partial charge in [0.2, 0.25) is 0 Å². The highest BCUT2D eigenvalue weighted by molar-refractivity contribution is 7.83. The van der Waals surface area contributed by atoms with E-state index in [0.717, 1.165) is 17.7 Å². The second-order valence-electron chi connectivity index (χ2n) is 5.62. The highest BCUT2D eigenvalue weighted by atomic mass is 32.2. The first kappa shape index (κ1) is 19.2. The van der Waals surface area contributed by atoms with Crippen molar-refractivity contribution in [3.63, 3.8) is 0 Å². The van der Waals surface area contributed by atoms with Crippen molar-refractivity contribution in [2.24, 2.45) is 0 Å². The predicted octanol–water partition coefficient (Wildman–Crippen LogP) is 3.56.